The van der Waals surface area contributed by atoms with Crippen LogP contribution in [0.2, 0.25) is 0 Å². The maximum absolute atomic E-state index is 11.8. The number of nitrogens with one attached hydrogen (secondary N) is 1. The molecule has 0 spiro atoms. The van der Waals surface area contributed by atoms with Crippen molar-refractivity contribution in [2.24, 2.45) is 11.7 Å². The highest BCUT2D eigenvalue weighted by Gasteiger charge is 2.28. The summed E-state index contributed by atoms with van der Waals surface area (Å²) < 4.78 is 4.35. The summed E-state index contributed by atoms with van der Waals surface area (Å²) in [5.74, 6) is -1.16. The largest absolute Gasteiger partial charge is 0.467 e. The monoisotopic (exact) mass is 244 g/mol. The SMILES string of the molecule is COC(=O)C(O)CNC(=O)C1CCCCC1N. The van der Waals surface area contributed by atoms with Crippen molar-refractivity contribution in [1.29, 1.82) is 0 Å². The van der Waals surface area contributed by atoms with Crippen LogP contribution in [0.3, 0.4) is 0 Å². The van der Waals surface area contributed by atoms with Gasteiger partial charge < -0.3 is 20.9 Å². The molecule has 0 aromatic rings. The predicted molar refractivity (Wildman–Crippen MR) is 61.0 cm³/mol. The zero-order valence-corrected chi connectivity index (χ0v) is 10.0. The van der Waals surface area contributed by atoms with Crippen molar-refractivity contribution in [1.82, 2.24) is 5.32 Å². The molecular weight excluding hydrogens is 224 g/mol. The van der Waals surface area contributed by atoms with Crippen molar-refractivity contribution >= 4 is 11.9 Å². The van der Waals surface area contributed by atoms with E-state index in [0.29, 0.717) is 0 Å². The molecule has 0 bridgehead atoms. The normalized spacial score (nSPS) is 26.1. The van der Waals surface area contributed by atoms with E-state index < -0.39 is 12.1 Å². The highest BCUT2D eigenvalue weighted by atomic mass is 16.5. The van der Waals surface area contributed by atoms with Gasteiger partial charge in [-0.1, -0.05) is 12.8 Å². The number of hydrogen-bond donors (Lipinski definition) is 3. The van der Waals surface area contributed by atoms with Crippen LogP contribution in [0.25, 0.3) is 0 Å². The summed E-state index contributed by atoms with van der Waals surface area (Å²) in [5.41, 5.74) is 5.86. The van der Waals surface area contributed by atoms with Crippen LogP contribution in [-0.2, 0) is 14.3 Å². The molecule has 0 aromatic heterocycles. The lowest BCUT2D eigenvalue weighted by atomic mass is 9.84. The van der Waals surface area contributed by atoms with Crippen LogP contribution in [0.4, 0.5) is 0 Å². The second-order valence-electron chi connectivity index (χ2n) is 4.34. The Morgan fingerprint density at radius 2 is 2.12 bits per heavy atom. The fraction of sp³-hybridized carbons (Fsp3) is 0.818. The minimum atomic E-state index is -1.32. The minimum Gasteiger partial charge on any atom is -0.467 e. The molecule has 0 aliphatic heterocycles. The Balaban J connectivity index is 2.36. The van der Waals surface area contributed by atoms with E-state index in [0.717, 1.165) is 25.7 Å². The van der Waals surface area contributed by atoms with Crippen molar-refractivity contribution in [2.75, 3.05) is 13.7 Å². The molecule has 3 unspecified atom stereocenters. The minimum absolute atomic E-state index is 0.126. The summed E-state index contributed by atoms with van der Waals surface area (Å²) in [4.78, 5) is 22.7. The molecule has 1 amide bonds. The number of esters is 1. The molecule has 1 aliphatic rings. The van der Waals surface area contributed by atoms with Crippen LogP contribution in [-0.4, -0.2) is 42.8 Å². The van der Waals surface area contributed by atoms with Crippen LogP contribution in [0.5, 0.6) is 0 Å². The molecule has 98 valence electrons. The Bertz CT molecular complexity index is 283. The predicted octanol–water partition coefficient (Wildman–Crippen LogP) is -0.846. The third-order valence-electron chi connectivity index (χ3n) is 3.10. The number of hydrogen-bond acceptors (Lipinski definition) is 5. The number of ether oxygens (including phenoxy) is 1. The number of rotatable bonds is 4. The van der Waals surface area contributed by atoms with Gasteiger partial charge in [-0.3, -0.25) is 4.79 Å². The van der Waals surface area contributed by atoms with E-state index in [4.69, 9.17) is 5.73 Å². The van der Waals surface area contributed by atoms with Crippen LogP contribution in [0.15, 0.2) is 0 Å². The number of carbonyl (C=O) groups is 2. The molecule has 3 atom stereocenters. The molecule has 17 heavy (non-hydrogen) atoms. The molecule has 0 radical (unpaired) electrons. The van der Waals surface area contributed by atoms with Gasteiger partial charge in [-0.25, -0.2) is 4.79 Å². The lowest BCUT2D eigenvalue weighted by Gasteiger charge is -2.27. The first-order valence-electron chi connectivity index (χ1n) is 5.85. The number of nitrogens with two attached hydrogens (primary N) is 1. The maximum atomic E-state index is 11.8. The Kier molecular flexibility index (Phi) is 5.37. The summed E-state index contributed by atoms with van der Waals surface area (Å²) in [6.07, 6.45) is 2.34. The van der Waals surface area contributed by atoms with Gasteiger partial charge in [-0.2, -0.15) is 0 Å². The van der Waals surface area contributed by atoms with Gasteiger partial charge in [0.15, 0.2) is 6.10 Å². The smallest absolute Gasteiger partial charge is 0.336 e. The fourth-order valence-electron chi connectivity index (χ4n) is 2.03. The molecule has 1 saturated carbocycles. The summed E-state index contributed by atoms with van der Waals surface area (Å²) in [6.45, 7) is -0.130. The molecule has 0 heterocycles. The molecule has 1 rings (SSSR count). The lowest BCUT2D eigenvalue weighted by molar-refractivity contribution is -0.150. The second-order valence-corrected chi connectivity index (χ2v) is 4.34. The molecule has 6 nitrogen and oxygen atoms in total. The van der Waals surface area contributed by atoms with Gasteiger partial charge in [0.2, 0.25) is 5.91 Å². The van der Waals surface area contributed by atoms with Crippen LogP contribution in [0.1, 0.15) is 25.7 Å². The first kappa shape index (κ1) is 13.9. The van der Waals surface area contributed by atoms with Crippen LogP contribution >= 0.6 is 0 Å². The summed E-state index contributed by atoms with van der Waals surface area (Å²) in [5, 5.41) is 11.8. The lowest BCUT2D eigenvalue weighted by Crippen LogP contribution is -2.46. The molecule has 0 saturated heterocycles. The zero-order chi connectivity index (χ0) is 12.8. The van der Waals surface area contributed by atoms with Gasteiger partial charge in [-0.15, -0.1) is 0 Å². The molecule has 0 aromatic carbocycles. The van der Waals surface area contributed by atoms with E-state index in [-0.39, 0.29) is 24.4 Å². The fourth-order valence-corrected chi connectivity index (χ4v) is 2.03. The van der Waals surface area contributed by atoms with Crippen molar-refractivity contribution in [3.63, 3.8) is 0 Å². The summed E-state index contributed by atoms with van der Waals surface area (Å²) in [7, 11) is 1.18. The average molecular weight is 244 g/mol. The number of carbonyl (C=O) groups excluding carboxylic acids is 2. The maximum Gasteiger partial charge on any atom is 0.336 e. The summed E-state index contributed by atoms with van der Waals surface area (Å²) in [6, 6.07) is -0.126. The highest BCUT2D eigenvalue weighted by molar-refractivity contribution is 5.81. The van der Waals surface area contributed by atoms with Crippen LogP contribution in [0, 0.1) is 5.92 Å². The van der Waals surface area contributed by atoms with Gasteiger partial charge >= 0.3 is 5.97 Å². The Morgan fingerprint density at radius 1 is 1.47 bits per heavy atom. The van der Waals surface area contributed by atoms with E-state index >= 15 is 0 Å². The second kappa shape index (κ2) is 6.56. The average Bonchev–Trinajstić information content (AvgIpc) is 2.35. The van der Waals surface area contributed by atoms with Gasteiger partial charge in [0.05, 0.1) is 19.6 Å². The Morgan fingerprint density at radius 3 is 2.71 bits per heavy atom. The van der Waals surface area contributed by atoms with Crippen molar-refractivity contribution in [2.45, 2.75) is 37.8 Å². The van der Waals surface area contributed by atoms with Gasteiger partial charge in [0.25, 0.3) is 0 Å². The Hall–Kier alpha value is -1.14. The van der Waals surface area contributed by atoms with E-state index in [1.807, 2.05) is 0 Å². The molecule has 1 fully saturated rings. The molecule has 4 N–H and O–H groups in total. The third kappa shape index (κ3) is 3.98. The van der Waals surface area contributed by atoms with Gasteiger partial charge in [-0.05, 0) is 12.8 Å². The quantitative estimate of drug-likeness (QED) is 0.559. The van der Waals surface area contributed by atoms with E-state index in [1.165, 1.54) is 7.11 Å². The standard InChI is InChI=1S/C11H20N2O4/c1-17-11(16)9(14)6-13-10(15)7-4-2-3-5-8(7)12/h7-9,14H,2-6,12H2,1H3,(H,13,15). The van der Waals surface area contributed by atoms with E-state index in [9.17, 15) is 14.7 Å². The highest BCUT2D eigenvalue weighted by Crippen LogP contribution is 2.22. The Labute approximate surface area is 101 Å². The summed E-state index contributed by atoms with van der Waals surface area (Å²) >= 11 is 0. The van der Waals surface area contributed by atoms with Crippen molar-refractivity contribution in [3.8, 4) is 0 Å². The molecular formula is C11H20N2O4. The number of methoxy groups -OCH3 is 1. The molecule has 1 aliphatic carbocycles. The van der Waals surface area contributed by atoms with Crippen LogP contribution < -0.4 is 11.1 Å². The van der Waals surface area contributed by atoms with Crippen molar-refractivity contribution in [3.05, 3.63) is 0 Å². The van der Waals surface area contributed by atoms with Gasteiger partial charge in [0, 0.05) is 6.04 Å². The van der Waals surface area contributed by atoms with E-state index in [1.54, 1.807) is 0 Å². The first-order chi connectivity index (χ1) is 8.06. The topological polar surface area (TPSA) is 102 Å². The zero-order valence-electron chi connectivity index (χ0n) is 10.0. The number of amides is 1. The van der Waals surface area contributed by atoms with Gasteiger partial charge in [0.1, 0.15) is 0 Å². The third-order valence-corrected chi connectivity index (χ3v) is 3.10. The first-order valence-corrected chi connectivity index (χ1v) is 5.85. The number of aliphatic hydroxyl groups is 1. The van der Waals surface area contributed by atoms with E-state index in [2.05, 4.69) is 10.1 Å². The number of aliphatic hydroxyl groups excluding tert-OH is 1. The molecule has 6 heteroatoms. The van der Waals surface area contributed by atoms with Crippen molar-refractivity contribution < 1.29 is 19.4 Å².